The van der Waals surface area contributed by atoms with Gasteiger partial charge in [0.1, 0.15) is 5.82 Å². The Hall–Kier alpha value is -2.95. The molecule has 0 saturated carbocycles. The van der Waals surface area contributed by atoms with Gasteiger partial charge < -0.3 is 11.1 Å². The Morgan fingerprint density at radius 2 is 1.95 bits per heavy atom. The number of rotatable bonds is 2. The van der Waals surface area contributed by atoms with E-state index in [9.17, 15) is 9.18 Å². The standard InChI is InChI=1S/C16H12FN3O/c17-13-7-6-11(18)9-14(13)20-16(21)12-5-1-3-10-4-2-8-19-15(10)12/h1-9H,18H2,(H,20,21). The number of aromatic nitrogens is 1. The number of fused-ring (bicyclic) bond motifs is 1. The van der Waals surface area contributed by atoms with Crippen LogP contribution in [0.25, 0.3) is 10.9 Å². The van der Waals surface area contributed by atoms with Crippen LogP contribution >= 0.6 is 0 Å². The molecule has 0 fully saturated rings. The first-order chi connectivity index (χ1) is 10.1. The van der Waals surface area contributed by atoms with Crippen molar-refractivity contribution >= 4 is 28.2 Å². The van der Waals surface area contributed by atoms with Gasteiger partial charge in [0.05, 0.1) is 16.8 Å². The van der Waals surface area contributed by atoms with Crippen LogP contribution in [-0.4, -0.2) is 10.9 Å². The van der Waals surface area contributed by atoms with E-state index in [1.165, 1.54) is 18.2 Å². The van der Waals surface area contributed by atoms with Crippen molar-refractivity contribution in [1.82, 2.24) is 4.98 Å². The lowest BCUT2D eigenvalue weighted by atomic mass is 10.1. The van der Waals surface area contributed by atoms with Crippen LogP contribution in [0.4, 0.5) is 15.8 Å². The highest BCUT2D eigenvalue weighted by Gasteiger charge is 2.13. The summed E-state index contributed by atoms with van der Waals surface area (Å²) in [5.74, 6) is -0.963. The first-order valence-corrected chi connectivity index (χ1v) is 6.35. The van der Waals surface area contributed by atoms with Crippen LogP contribution in [0.3, 0.4) is 0 Å². The summed E-state index contributed by atoms with van der Waals surface area (Å²) in [6, 6.07) is 13.0. The molecular formula is C16H12FN3O. The Balaban J connectivity index is 1.99. The largest absolute Gasteiger partial charge is 0.399 e. The van der Waals surface area contributed by atoms with Gasteiger partial charge in [-0.2, -0.15) is 0 Å². The van der Waals surface area contributed by atoms with Crippen LogP contribution in [0, 0.1) is 5.82 Å². The molecule has 0 saturated heterocycles. The van der Waals surface area contributed by atoms with Gasteiger partial charge in [-0.25, -0.2) is 4.39 Å². The molecule has 0 aliphatic heterocycles. The molecule has 0 aliphatic rings. The minimum Gasteiger partial charge on any atom is -0.399 e. The van der Waals surface area contributed by atoms with Crippen LogP contribution in [0.15, 0.2) is 54.7 Å². The van der Waals surface area contributed by atoms with Crippen LogP contribution < -0.4 is 11.1 Å². The third-order valence-corrected chi connectivity index (χ3v) is 3.12. The number of halogens is 1. The summed E-state index contributed by atoms with van der Waals surface area (Å²) in [5.41, 5.74) is 6.98. The lowest BCUT2D eigenvalue weighted by Crippen LogP contribution is -2.14. The number of carbonyl (C=O) groups is 1. The predicted molar refractivity (Wildman–Crippen MR) is 80.5 cm³/mol. The van der Waals surface area contributed by atoms with E-state index in [4.69, 9.17) is 5.73 Å². The molecule has 104 valence electrons. The van der Waals surface area contributed by atoms with Crippen molar-refractivity contribution in [2.45, 2.75) is 0 Å². The number of benzene rings is 2. The maximum absolute atomic E-state index is 13.7. The zero-order chi connectivity index (χ0) is 14.8. The molecule has 1 aromatic heterocycles. The van der Waals surface area contributed by atoms with E-state index in [1.807, 2.05) is 12.1 Å². The van der Waals surface area contributed by atoms with Gasteiger partial charge in [-0.3, -0.25) is 9.78 Å². The molecule has 5 heteroatoms. The van der Waals surface area contributed by atoms with Gasteiger partial charge in [0, 0.05) is 17.3 Å². The van der Waals surface area contributed by atoms with Gasteiger partial charge in [0.2, 0.25) is 0 Å². The first kappa shape index (κ1) is 13.1. The minimum absolute atomic E-state index is 0.0490. The third kappa shape index (κ3) is 2.53. The number of amides is 1. The summed E-state index contributed by atoms with van der Waals surface area (Å²) >= 11 is 0. The molecule has 0 aliphatic carbocycles. The number of nitrogen functional groups attached to an aromatic ring is 1. The molecular weight excluding hydrogens is 269 g/mol. The van der Waals surface area contributed by atoms with Crippen molar-refractivity contribution in [2.75, 3.05) is 11.1 Å². The fourth-order valence-electron chi connectivity index (χ4n) is 2.12. The first-order valence-electron chi connectivity index (χ1n) is 6.35. The summed E-state index contributed by atoms with van der Waals surface area (Å²) in [6.45, 7) is 0. The highest BCUT2D eigenvalue weighted by atomic mass is 19.1. The van der Waals surface area contributed by atoms with E-state index in [1.54, 1.807) is 24.4 Å². The number of hydrogen-bond acceptors (Lipinski definition) is 3. The molecule has 0 radical (unpaired) electrons. The number of para-hydroxylation sites is 1. The zero-order valence-corrected chi connectivity index (χ0v) is 11.0. The number of nitrogens with one attached hydrogen (secondary N) is 1. The van der Waals surface area contributed by atoms with Gasteiger partial charge >= 0.3 is 0 Å². The summed E-state index contributed by atoms with van der Waals surface area (Å²) in [6.07, 6.45) is 1.61. The summed E-state index contributed by atoms with van der Waals surface area (Å²) < 4.78 is 13.7. The molecule has 1 heterocycles. The summed E-state index contributed by atoms with van der Waals surface area (Å²) in [4.78, 5) is 16.5. The van der Waals surface area contributed by atoms with Crippen LogP contribution in [-0.2, 0) is 0 Å². The average Bonchev–Trinajstić information content (AvgIpc) is 2.50. The second-order valence-electron chi connectivity index (χ2n) is 4.57. The number of pyridine rings is 1. The molecule has 0 spiro atoms. The number of carbonyl (C=O) groups excluding carboxylic acids is 1. The zero-order valence-electron chi connectivity index (χ0n) is 11.0. The lowest BCUT2D eigenvalue weighted by molar-refractivity contribution is 0.102. The maximum Gasteiger partial charge on any atom is 0.257 e. The Bertz CT molecular complexity index is 827. The van der Waals surface area contributed by atoms with E-state index < -0.39 is 11.7 Å². The van der Waals surface area contributed by atoms with E-state index in [0.717, 1.165) is 5.39 Å². The van der Waals surface area contributed by atoms with Gasteiger partial charge in [-0.05, 0) is 30.3 Å². The molecule has 1 amide bonds. The quantitative estimate of drug-likeness (QED) is 0.709. The van der Waals surface area contributed by atoms with Crippen molar-refractivity contribution in [2.24, 2.45) is 0 Å². The van der Waals surface area contributed by atoms with E-state index in [0.29, 0.717) is 16.8 Å². The van der Waals surface area contributed by atoms with Gasteiger partial charge in [-0.15, -0.1) is 0 Å². The Labute approximate surface area is 120 Å². The SMILES string of the molecule is Nc1ccc(F)c(NC(=O)c2cccc3cccnc23)c1. The molecule has 2 aromatic carbocycles. The summed E-state index contributed by atoms with van der Waals surface area (Å²) in [5, 5.41) is 3.37. The van der Waals surface area contributed by atoms with Crippen molar-refractivity contribution in [3.8, 4) is 0 Å². The average molecular weight is 281 g/mol. The molecule has 3 aromatic rings. The van der Waals surface area contributed by atoms with Crippen LogP contribution in [0.2, 0.25) is 0 Å². The maximum atomic E-state index is 13.7. The molecule has 0 atom stereocenters. The van der Waals surface area contributed by atoms with Crippen molar-refractivity contribution in [3.05, 3.63) is 66.1 Å². The Morgan fingerprint density at radius 3 is 2.81 bits per heavy atom. The topological polar surface area (TPSA) is 68.0 Å². The second-order valence-corrected chi connectivity index (χ2v) is 4.57. The fraction of sp³-hybridized carbons (Fsp3) is 0. The Morgan fingerprint density at radius 1 is 1.14 bits per heavy atom. The molecule has 3 N–H and O–H groups in total. The van der Waals surface area contributed by atoms with Crippen LogP contribution in [0.1, 0.15) is 10.4 Å². The van der Waals surface area contributed by atoms with E-state index in [2.05, 4.69) is 10.3 Å². The molecule has 4 nitrogen and oxygen atoms in total. The highest BCUT2D eigenvalue weighted by molar-refractivity contribution is 6.11. The fourth-order valence-corrected chi connectivity index (χ4v) is 2.12. The van der Waals surface area contributed by atoms with Crippen LogP contribution in [0.5, 0.6) is 0 Å². The molecule has 3 rings (SSSR count). The second kappa shape index (κ2) is 5.20. The predicted octanol–water partition coefficient (Wildman–Crippen LogP) is 3.21. The van der Waals surface area contributed by atoms with Gasteiger partial charge in [-0.1, -0.05) is 18.2 Å². The number of hydrogen-bond donors (Lipinski definition) is 2. The monoisotopic (exact) mass is 281 g/mol. The molecule has 0 unspecified atom stereocenters. The third-order valence-electron chi connectivity index (χ3n) is 3.12. The Kier molecular flexibility index (Phi) is 3.23. The number of nitrogens with zero attached hydrogens (tertiary/aromatic N) is 1. The lowest BCUT2D eigenvalue weighted by Gasteiger charge is -2.09. The molecule has 0 bridgehead atoms. The highest BCUT2D eigenvalue weighted by Crippen LogP contribution is 2.21. The molecule has 21 heavy (non-hydrogen) atoms. The van der Waals surface area contributed by atoms with E-state index >= 15 is 0 Å². The van der Waals surface area contributed by atoms with Crippen molar-refractivity contribution in [1.29, 1.82) is 0 Å². The smallest absolute Gasteiger partial charge is 0.257 e. The summed E-state index contributed by atoms with van der Waals surface area (Å²) in [7, 11) is 0. The van der Waals surface area contributed by atoms with Crippen molar-refractivity contribution < 1.29 is 9.18 Å². The van der Waals surface area contributed by atoms with Crippen molar-refractivity contribution in [3.63, 3.8) is 0 Å². The number of nitrogens with two attached hydrogens (primary N) is 1. The number of anilines is 2. The normalized spacial score (nSPS) is 10.5. The van der Waals surface area contributed by atoms with E-state index in [-0.39, 0.29) is 5.69 Å². The van der Waals surface area contributed by atoms with Gasteiger partial charge in [0.15, 0.2) is 0 Å². The van der Waals surface area contributed by atoms with Gasteiger partial charge in [0.25, 0.3) is 5.91 Å². The minimum atomic E-state index is -0.536.